The Morgan fingerprint density at radius 2 is 2.29 bits per heavy atom. The number of rotatable bonds is 3. The highest BCUT2D eigenvalue weighted by Crippen LogP contribution is 2.31. The van der Waals surface area contributed by atoms with E-state index >= 15 is 0 Å². The first-order valence-corrected chi connectivity index (χ1v) is 6.13. The lowest BCUT2D eigenvalue weighted by Crippen LogP contribution is -1.99. The Morgan fingerprint density at radius 3 is 2.86 bits per heavy atom. The van der Waals surface area contributed by atoms with Crippen LogP contribution in [0.3, 0.4) is 0 Å². The minimum absolute atomic E-state index is 0.134. The number of hydrogen-bond donors (Lipinski definition) is 1. The lowest BCUT2D eigenvalue weighted by atomic mass is 10.4. The number of aryl methyl sites for hydroxylation is 1. The van der Waals surface area contributed by atoms with E-state index in [2.05, 4.69) is 4.98 Å². The van der Waals surface area contributed by atoms with Gasteiger partial charge < -0.3 is 9.67 Å². The molecule has 1 aromatic heterocycles. The largest absolute Gasteiger partial charge is 0.492 e. The maximum atomic E-state index is 9.18. The highest BCUT2D eigenvalue weighted by Gasteiger charge is 2.16. The molecule has 0 bridgehead atoms. The van der Waals surface area contributed by atoms with Gasteiger partial charge in [0.1, 0.15) is 5.82 Å². The van der Waals surface area contributed by atoms with Crippen LogP contribution in [0.2, 0.25) is 0 Å². The molecule has 0 aromatic carbocycles. The maximum absolute atomic E-state index is 9.18. The van der Waals surface area contributed by atoms with Crippen molar-refractivity contribution < 1.29 is 5.11 Å². The zero-order chi connectivity index (χ0) is 9.97. The van der Waals surface area contributed by atoms with Crippen LogP contribution in [0.25, 0.3) is 0 Å². The van der Waals surface area contributed by atoms with E-state index in [1.54, 1.807) is 6.20 Å². The molecule has 0 unspecified atom stereocenters. The predicted octanol–water partition coefficient (Wildman–Crippen LogP) is 2.30. The summed E-state index contributed by atoms with van der Waals surface area (Å²) < 4.78 is 1.90. The Labute approximate surface area is 88.5 Å². The van der Waals surface area contributed by atoms with Gasteiger partial charge in [-0.05, 0) is 12.8 Å². The molecule has 0 spiro atoms. The van der Waals surface area contributed by atoms with E-state index in [1.165, 1.54) is 25.7 Å². The van der Waals surface area contributed by atoms with Crippen molar-refractivity contribution in [1.82, 2.24) is 9.55 Å². The molecule has 14 heavy (non-hydrogen) atoms. The van der Waals surface area contributed by atoms with Gasteiger partial charge >= 0.3 is 0 Å². The number of imidazole rings is 1. The molecule has 0 atom stereocenters. The van der Waals surface area contributed by atoms with Crippen LogP contribution < -0.4 is 0 Å². The number of hydrogen-bond acceptors (Lipinski definition) is 3. The van der Waals surface area contributed by atoms with Gasteiger partial charge in [-0.1, -0.05) is 12.8 Å². The summed E-state index contributed by atoms with van der Waals surface area (Å²) in [5.74, 6) is 2.02. The Kier molecular flexibility index (Phi) is 3.01. The normalized spacial score (nSPS) is 17.8. The third kappa shape index (κ3) is 2.23. The van der Waals surface area contributed by atoms with Crippen molar-refractivity contribution in [3.05, 3.63) is 12.0 Å². The average Bonchev–Trinajstić information content (AvgIpc) is 2.72. The summed E-state index contributed by atoms with van der Waals surface area (Å²) in [6.07, 6.45) is 7.11. The maximum Gasteiger partial charge on any atom is 0.229 e. The fraction of sp³-hybridized carbons (Fsp3) is 0.700. The van der Waals surface area contributed by atoms with Crippen LogP contribution in [0.1, 0.15) is 31.5 Å². The van der Waals surface area contributed by atoms with Crippen molar-refractivity contribution in [3.63, 3.8) is 0 Å². The summed E-state index contributed by atoms with van der Waals surface area (Å²) in [4.78, 5) is 4.07. The Morgan fingerprint density at radius 1 is 1.57 bits per heavy atom. The highest BCUT2D eigenvalue weighted by atomic mass is 32.2. The molecule has 2 rings (SSSR count). The van der Waals surface area contributed by atoms with E-state index in [9.17, 15) is 5.11 Å². The van der Waals surface area contributed by atoms with E-state index in [0.717, 1.165) is 16.8 Å². The SMILES string of the molecule is Cn1cc(O)nc1CSC1CCCC1. The fourth-order valence-corrected chi connectivity index (χ4v) is 3.19. The third-order valence-electron chi connectivity index (χ3n) is 2.71. The van der Waals surface area contributed by atoms with Crippen molar-refractivity contribution in [3.8, 4) is 5.88 Å². The molecule has 3 nitrogen and oxygen atoms in total. The van der Waals surface area contributed by atoms with E-state index in [4.69, 9.17) is 0 Å². The second kappa shape index (κ2) is 4.26. The van der Waals surface area contributed by atoms with Crippen LogP contribution in [0, 0.1) is 0 Å². The number of nitrogens with zero attached hydrogens (tertiary/aromatic N) is 2. The molecule has 1 saturated carbocycles. The summed E-state index contributed by atoms with van der Waals surface area (Å²) in [6.45, 7) is 0. The van der Waals surface area contributed by atoms with Crippen molar-refractivity contribution in [2.45, 2.75) is 36.7 Å². The minimum atomic E-state index is 0.134. The molecule has 0 saturated heterocycles. The first-order valence-electron chi connectivity index (χ1n) is 5.08. The van der Waals surface area contributed by atoms with E-state index in [1.807, 2.05) is 23.4 Å². The molecule has 1 fully saturated rings. The lowest BCUT2D eigenvalue weighted by molar-refractivity contribution is 0.455. The van der Waals surface area contributed by atoms with Gasteiger partial charge in [-0.15, -0.1) is 0 Å². The van der Waals surface area contributed by atoms with E-state index < -0.39 is 0 Å². The lowest BCUT2D eigenvalue weighted by Gasteiger charge is -2.07. The molecule has 1 aliphatic carbocycles. The number of aromatic hydroxyl groups is 1. The van der Waals surface area contributed by atoms with Crippen LogP contribution in [-0.2, 0) is 12.8 Å². The summed E-state index contributed by atoms with van der Waals surface area (Å²) in [5.41, 5.74) is 0. The molecular weight excluding hydrogens is 196 g/mol. The van der Waals surface area contributed by atoms with Gasteiger partial charge in [0.15, 0.2) is 0 Å². The zero-order valence-electron chi connectivity index (χ0n) is 8.44. The van der Waals surface area contributed by atoms with Gasteiger partial charge in [0.05, 0.1) is 11.9 Å². The Balaban J connectivity index is 1.87. The Bertz CT molecular complexity index is 305. The molecule has 4 heteroatoms. The van der Waals surface area contributed by atoms with Gasteiger partial charge in [0.2, 0.25) is 5.88 Å². The molecule has 1 N–H and O–H groups in total. The second-order valence-electron chi connectivity index (χ2n) is 3.84. The summed E-state index contributed by atoms with van der Waals surface area (Å²) in [5, 5.41) is 10.00. The second-order valence-corrected chi connectivity index (χ2v) is 5.13. The first kappa shape index (κ1) is 9.90. The smallest absolute Gasteiger partial charge is 0.229 e. The van der Waals surface area contributed by atoms with Crippen LogP contribution in [-0.4, -0.2) is 19.9 Å². The molecule has 0 radical (unpaired) electrons. The summed E-state index contributed by atoms with van der Waals surface area (Å²) in [7, 11) is 1.93. The standard InChI is InChI=1S/C10H16N2OS/c1-12-6-10(13)11-9(12)7-14-8-4-2-3-5-8/h6,8,13H,2-5,7H2,1H3. The minimum Gasteiger partial charge on any atom is -0.492 e. The van der Waals surface area contributed by atoms with Crippen molar-refractivity contribution in [2.24, 2.45) is 7.05 Å². The number of aromatic nitrogens is 2. The van der Waals surface area contributed by atoms with Crippen LogP contribution in [0.15, 0.2) is 6.20 Å². The van der Waals surface area contributed by atoms with Crippen molar-refractivity contribution >= 4 is 11.8 Å². The molecule has 0 aliphatic heterocycles. The highest BCUT2D eigenvalue weighted by molar-refractivity contribution is 7.99. The zero-order valence-corrected chi connectivity index (χ0v) is 9.26. The molecule has 1 aromatic rings. The summed E-state index contributed by atoms with van der Waals surface area (Å²) >= 11 is 1.97. The third-order valence-corrected chi connectivity index (χ3v) is 4.08. The quantitative estimate of drug-likeness (QED) is 0.835. The molecule has 1 aliphatic rings. The van der Waals surface area contributed by atoms with Crippen LogP contribution >= 0.6 is 11.8 Å². The van der Waals surface area contributed by atoms with Crippen LogP contribution in [0.5, 0.6) is 5.88 Å². The van der Waals surface area contributed by atoms with Gasteiger partial charge in [-0.25, -0.2) is 0 Å². The van der Waals surface area contributed by atoms with Crippen molar-refractivity contribution in [2.75, 3.05) is 0 Å². The Hall–Kier alpha value is -0.640. The van der Waals surface area contributed by atoms with Gasteiger partial charge in [0, 0.05) is 12.3 Å². The molecular formula is C10H16N2OS. The van der Waals surface area contributed by atoms with Crippen LogP contribution in [0.4, 0.5) is 0 Å². The predicted molar refractivity (Wildman–Crippen MR) is 58.4 cm³/mol. The number of thioether (sulfide) groups is 1. The van der Waals surface area contributed by atoms with Gasteiger partial charge in [0.25, 0.3) is 0 Å². The topological polar surface area (TPSA) is 38.0 Å². The fourth-order valence-electron chi connectivity index (χ4n) is 1.87. The summed E-state index contributed by atoms with van der Waals surface area (Å²) in [6, 6.07) is 0. The van der Waals surface area contributed by atoms with E-state index in [0.29, 0.717) is 0 Å². The van der Waals surface area contributed by atoms with Gasteiger partial charge in [-0.3, -0.25) is 0 Å². The van der Waals surface area contributed by atoms with Crippen molar-refractivity contribution in [1.29, 1.82) is 0 Å². The monoisotopic (exact) mass is 212 g/mol. The van der Waals surface area contributed by atoms with E-state index in [-0.39, 0.29) is 5.88 Å². The first-order chi connectivity index (χ1) is 6.75. The van der Waals surface area contributed by atoms with Gasteiger partial charge in [-0.2, -0.15) is 16.7 Å². The average molecular weight is 212 g/mol. The molecule has 1 heterocycles. The molecule has 78 valence electrons. The molecule has 0 amide bonds.